The molecule has 1 aromatic rings. The molecule has 120 valence electrons. The maximum absolute atomic E-state index is 12.5. The number of benzene rings is 1. The molecule has 1 aliphatic heterocycles. The van der Waals surface area contributed by atoms with Crippen molar-refractivity contribution in [3.63, 3.8) is 0 Å². The Labute approximate surface area is 136 Å². The fraction of sp³-hybridized carbons (Fsp3) is 0.357. The molecule has 1 heterocycles. The lowest BCUT2D eigenvalue weighted by molar-refractivity contribution is -0.488. The number of esters is 1. The quantitative estimate of drug-likeness (QED) is 0.493. The zero-order valence-electron chi connectivity index (χ0n) is 12.0. The molecular weight excluding hydrogens is 326 g/mol. The van der Waals surface area contributed by atoms with Crippen LogP contribution in [0.5, 0.6) is 0 Å². The number of amides is 1. The van der Waals surface area contributed by atoms with E-state index < -0.39 is 34.7 Å². The summed E-state index contributed by atoms with van der Waals surface area (Å²) in [6.07, 6.45) is 0. The van der Waals surface area contributed by atoms with Crippen molar-refractivity contribution in [1.29, 1.82) is 5.26 Å². The lowest BCUT2D eigenvalue weighted by Gasteiger charge is -2.26. The van der Waals surface area contributed by atoms with Crippen molar-refractivity contribution < 1.29 is 19.2 Å². The van der Waals surface area contributed by atoms with E-state index in [1.54, 1.807) is 6.07 Å². The Morgan fingerprint density at radius 1 is 1.61 bits per heavy atom. The van der Waals surface area contributed by atoms with E-state index in [9.17, 15) is 25.0 Å². The van der Waals surface area contributed by atoms with Crippen molar-refractivity contribution in [2.75, 3.05) is 18.5 Å². The maximum atomic E-state index is 12.5. The Balaban J connectivity index is 2.69. The number of nitriles is 1. The number of hydrogen-bond donors (Lipinski definition) is 1. The first-order valence-electron chi connectivity index (χ1n) is 6.67. The van der Waals surface area contributed by atoms with Gasteiger partial charge in [0.2, 0.25) is 12.5 Å². The second-order valence-corrected chi connectivity index (χ2v) is 5.30. The van der Waals surface area contributed by atoms with E-state index >= 15 is 0 Å². The van der Waals surface area contributed by atoms with Crippen LogP contribution in [-0.4, -0.2) is 30.0 Å². The number of anilines is 1. The summed E-state index contributed by atoms with van der Waals surface area (Å²) < 4.78 is 4.81. The molecule has 9 heteroatoms. The van der Waals surface area contributed by atoms with Crippen LogP contribution in [0.2, 0.25) is 5.02 Å². The van der Waals surface area contributed by atoms with E-state index in [1.807, 2.05) is 0 Å². The molecule has 8 nitrogen and oxygen atoms in total. The number of halogens is 1. The molecule has 0 bridgehead atoms. The average Bonchev–Trinajstić information content (AvgIpc) is 2.75. The Morgan fingerprint density at radius 2 is 2.30 bits per heavy atom. The molecule has 0 spiro atoms. The van der Waals surface area contributed by atoms with Crippen LogP contribution in [0.25, 0.3) is 0 Å². The van der Waals surface area contributed by atoms with Crippen molar-refractivity contribution in [3.05, 3.63) is 38.9 Å². The minimum atomic E-state index is -1.98. The topological polar surface area (TPSA) is 122 Å². The Bertz CT molecular complexity index is 730. The summed E-state index contributed by atoms with van der Waals surface area (Å²) in [5, 5.41) is 23.1. The summed E-state index contributed by atoms with van der Waals surface area (Å²) in [4.78, 5) is 35.0. The highest BCUT2D eigenvalue weighted by atomic mass is 35.5. The highest BCUT2D eigenvalue weighted by Crippen LogP contribution is 2.46. The maximum Gasteiger partial charge on any atom is 0.325 e. The number of para-hydroxylation sites is 1. The molecule has 0 saturated heterocycles. The molecule has 0 aromatic heterocycles. The lowest BCUT2D eigenvalue weighted by Crippen LogP contribution is -2.50. The van der Waals surface area contributed by atoms with E-state index in [1.165, 1.54) is 25.1 Å². The smallest absolute Gasteiger partial charge is 0.325 e. The number of carbonyl (C=O) groups excluding carboxylic acids is 2. The molecular formula is C14H12ClN3O5. The van der Waals surface area contributed by atoms with E-state index in [0.717, 1.165) is 0 Å². The molecule has 0 aliphatic carbocycles. The lowest BCUT2D eigenvalue weighted by atomic mass is 9.71. The fourth-order valence-electron chi connectivity index (χ4n) is 2.70. The van der Waals surface area contributed by atoms with Gasteiger partial charge in [0.15, 0.2) is 11.3 Å². The van der Waals surface area contributed by atoms with Gasteiger partial charge >= 0.3 is 5.97 Å². The summed E-state index contributed by atoms with van der Waals surface area (Å²) in [6.45, 7) is 0.588. The number of hydrogen-bond acceptors (Lipinski definition) is 6. The van der Waals surface area contributed by atoms with E-state index in [2.05, 4.69) is 5.32 Å². The Hall–Kier alpha value is -2.66. The second-order valence-electron chi connectivity index (χ2n) is 4.89. The Morgan fingerprint density at radius 3 is 2.87 bits per heavy atom. The highest BCUT2D eigenvalue weighted by Gasteiger charge is 2.60. The van der Waals surface area contributed by atoms with Crippen LogP contribution in [-0.2, 0) is 19.7 Å². The number of nitro groups is 1. The summed E-state index contributed by atoms with van der Waals surface area (Å²) in [7, 11) is 0. The van der Waals surface area contributed by atoms with Gasteiger partial charge in [-0.25, -0.2) is 0 Å². The van der Waals surface area contributed by atoms with Gasteiger partial charge in [-0.3, -0.25) is 19.7 Å². The van der Waals surface area contributed by atoms with Crippen LogP contribution in [0.4, 0.5) is 5.69 Å². The minimum Gasteiger partial charge on any atom is -0.465 e. The van der Waals surface area contributed by atoms with Gasteiger partial charge in [0.1, 0.15) is 0 Å². The Kier molecular flexibility index (Phi) is 4.52. The van der Waals surface area contributed by atoms with Gasteiger partial charge in [0.25, 0.3) is 0 Å². The zero-order valence-corrected chi connectivity index (χ0v) is 12.8. The molecule has 0 unspecified atom stereocenters. The predicted molar refractivity (Wildman–Crippen MR) is 79.4 cm³/mol. The van der Waals surface area contributed by atoms with Gasteiger partial charge in [-0.05, 0) is 13.0 Å². The van der Waals surface area contributed by atoms with Gasteiger partial charge in [-0.1, -0.05) is 23.7 Å². The van der Waals surface area contributed by atoms with Gasteiger partial charge in [-0.15, -0.1) is 0 Å². The normalized spacial score (nSPS) is 20.1. The van der Waals surface area contributed by atoms with Crippen LogP contribution < -0.4 is 5.32 Å². The van der Waals surface area contributed by atoms with Crippen molar-refractivity contribution in [2.45, 2.75) is 12.3 Å². The molecule has 0 saturated carbocycles. The third-order valence-electron chi connectivity index (χ3n) is 3.66. The number of ether oxygens (including phenoxy) is 1. The molecule has 2 rings (SSSR count). The number of carbonyl (C=O) groups is 2. The molecule has 0 radical (unpaired) electrons. The second kappa shape index (κ2) is 6.22. The van der Waals surface area contributed by atoms with Crippen LogP contribution in [0, 0.1) is 27.4 Å². The van der Waals surface area contributed by atoms with Crippen LogP contribution in [0.15, 0.2) is 18.2 Å². The molecule has 2 atom stereocenters. The van der Waals surface area contributed by atoms with Crippen molar-refractivity contribution in [3.8, 4) is 6.07 Å². The summed E-state index contributed by atoms with van der Waals surface area (Å²) >= 11 is 6.00. The first kappa shape index (κ1) is 16.7. The number of nitrogens with one attached hydrogen (secondary N) is 1. The molecule has 1 amide bonds. The van der Waals surface area contributed by atoms with Crippen LogP contribution >= 0.6 is 11.6 Å². The van der Waals surface area contributed by atoms with Gasteiger partial charge in [0, 0.05) is 10.5 Å². The molecule has 23 heavy (non-hydrogen) atoms. The minimum absolute atomic E-state index is 0.0183. The van der Waals surface area contributed by atoms with E-state index in [-0.39, 0.29) is 22.9 Å². The summed E-state index contributed by atoms with van der Waals surface area (Å²) in [5.74, 6) is -3.47. The van der Waals surface area contributed by atoms with Crippen molar-refractivity contribution in [1.82, 2.24) is 0 Å². The number of nitrogens with zero attached hydrogens (tertiary/aromatic N) is 2. The molecule has 1 aliphatic rings. The number of fused-ring (bicyclic) bond motifs is 1. The summed E-state index contributed by atoms with van der Waals surface area (Å²) in [6, 6.07) is 6.11. The zero-order chi connectivity index (χ0) is 17.2. The SMILES string of the molecule is CCOC(=O)[C@@H](C#N)[C@]1(C[N+](=O)[O-])C(=O)Nc2c(Cl)cccc21. The van der Waals surface area contributed by atoms with Gasteiger partial charge < -0.3 is 10.1 Å². The van der Waals surface area contributed by atoms with E-state index in [4.69, 9.17) is 16.3 Å². The monoisotopic (exact) mass is 337 g/mol. The average molecular weight is 338 g/mol. The number of rotatable bonds is 5. The summed E-state index contributed by atoms with van der Waals surface area (Å²) in [5.41, 5.74) is -1.66. The molecule has 1 aromatic carbocycles. The fourth-order valence-corrected chi connectivity index (χ4v) is 2.92. The van der Waals surface area contributed by atoms with Gasteiger partial charge in [0.05, 0.1) is 23.4 Å². The highest BCUT2D eigenvalue weighted by molar-refractivity contribution is 6.35. The van der Waals surface area contributed by atoms with Crippen LogP contribution in [0.1, 0.15) is 12.5 Å². The molecule has 1 N–H and O–H groups in total. The predicted octanol–water partition coefficient (Wildman–Crippen LogP) is 1.51. The standard InChI is InChI=1S/C14H12ClN3O5/c1-2-23-12(19)9(6-16)14(7-18(21)22)8-4-3-5-10(15)11(8)17-13(14)20/h3-5,9H,2,7H2,1H3,(H,17,20)/t9-,14-/m1/s1. The first-order valence-corrected chi connectivity index (χ1v) is 7.04. The van der Waals surface area contributed by atoms with E-state index in [0.29, 0.717) is 0 Å². The van der Waals surface area contributed by atoms with Gasteiger partial charge in [-0.2, -0.15) is 5.26 Å². The molecule has 0 fully saturated rings. The third-order valence-corrected chi connectivity index (χ3v) is 3.98. The van der Waals surface area contributed by atoms with Crippen LogP contribution in [0.3, 0.4) is 0 Å². The first-order chi connectivity index (χ1) is 10.9. The largest absolute Gasteiger partial charge is 0.465 e. The third kappa shape index (κ3) is 2.59. The van der Waals surface area contributed by atoms with Crippen molar-refractivity contribution >= 4 is 29.2 Å². The van der Waals surface area contributed by atoms with Crippen molar-refractivity contribution in [2.24, 2.45) is 5.92 Å².